The Morgan fingerprint density at radius 3 is 2.83 bits per heavy atom. The molecule has 0 saturated carbocycles. The summed E-state index contributed by atoms with van der Waals surface area (Å²) in [5.74, 6) is 5.45. The average molecular weight is 281 g/mol. The Kier molecular flexibility index (Phi) is 4.13. The highest BCUT2D eigenvalue weighted by molar-refractivity contribution is 8.00. The molecule has 1 heterocycles. The van der Waals surface area contributed by atoms with E-state index in [9.17, 15) is 4.79 Å². The molecule has 0 fully saturated rings. The standard InChI is InChI=1S/C10H11N5OS2/c11-9-14-15-10(18-9)17-5-6-3-1-2-4-7(6)8(16)13-12/h1-4H,5,12H2,(H2,11,14)(H,13,16). The van der Waals surface area contributed by atoms with E-state index in [4.69, 9.17) is 11.6 Å². The number of carbonyl (C=O) groups is 1. The third kappa shape index (κ3) is 2.97. The smallest absolute Gasteiger partial charge is 0.265 e. The number of hydrogen-bond donors (Lipinski definition) is 3. The molecule has 5 N–H and O–H groups in total. The number of nitrogens with one attached hydrogen (secondary N) is 1. The Morgan fingerprint density at radius 1 is 1.39 bits per heavy atom. The number of nitrogens with zero attached hydrogens (tertiary/aromatic N) is 2. The molecule has 6 nitrogen and oxygen atoms in total. The van der Waals surface area contributed by atoms with E-state index in [0.717, 1.165) is 9.90 Å². The highest BCUT2D eigenvalue weighted by Gasteiger charge is 2.10. The van der Waals surface area contributed by atoms with Crippen LogP contribution in [-0.2, 0) is 5.75 Å². The van der Waals surface area contributed by atoms with Gasteiger partial charge in [-0.05, 0) is 11.6 Å². The Morgan fingerprint density at radius 2 is 2.17 bits per heavy atom. The molecule has 94 valence electrons. The van der Waals surface area contributed by atoms with Gasteiger partial charge in [0.25, 0.3) is 5.91 Å². The summed E-state index contributed by atoms with van der Waals surface area (Å²) >= 11 is 2.80. The Hall–Kier alpha value is -1.64. The van der Waals surface area contributed by atoms with E-state index >= 15 is 0 Å². The first kappa shape index (κ1) is 12.8. The molecular weight excluding hydrogens is 270 g/mol. The fraction of sp³-hybridized carbons (Fsp3) is 0.100. The Labute approximate surface area is 112 Å². The van der Waals surface area contributed by atoms with Crippen LogP contribution in [0.2, 0.25) is 0 Å². The van der Waals surface area contributed by atoms with Crippen molar-refractivity contribution in [1.29, 1.82) is 0 Å². The van der Waals surface area contributed by atoms with Gasteiger partial charge in [0.1, 0.15) is 0 Å². The zero-order valence-corrected chi connectivity index (χ0v) is 10.9. The monoisotopic (exact) mass is 281 g/mol. The van der Waals surface area contributed by atoms with Gasteiger partial charge in [-0.1, -0.05) is 41.3 Å². The number of anilines is 1. The lowest BCUT2D eigenvalue weighted by Gasteiger charge is -2.06. The first-order chi connectivity index (χ1) is 8.70. The predicted molar refractivity (Wildman–Crippen MR) is 72.0 cm³/mol. The number of aromatic nitrogens is 2. The van der Waals surface area contributed by atoms with Gasteiger partial charge in [-0.2, -0.15) is 0 Å². The number of benzene rings is 1. The van der Waals surface area contributed by atoms with Crippen molar-refractivity contribution in [1.82, 2.24) is 15.6 Å². The van der Waals surface area contributed by atoms with Gasteiger partial charge in [-0.15, -0.1) is 10.2 Å². The van der Waals surface area contributed by atoms with Crippen molar-refractivity contribution in [2.24, 2.45) is 5.84 Å². The highest BCUT2D eigenvalue weighted by Crippen LogP contribution is 2.27. The molecule has 0 unspecified atom stereocenters. The molecule has 1 amide bonds. The number of nitrogen functional groups attached to an aromatic ring is 2. The molecular formula is C10H11N5OS2. The van der Waals surface area contributed by atoms with Crippen LogP contribution in [0.25, 0.3) is 0 Å². The second-order valence-corrected chi connectivity index (χ2v) is 5.56. The quantitative estimate of drug-likeness (QED) is 0.334. The van der Waals surface area contributed by atoms with Crippen LogP contribution < -0.4 is 17.0 Å². The van der Waals surface area contributed by atoms with Crippen LogP contribution >= 0.6 is 23.1 Å². The topological polar surface area (TPSA) is 107 Å². The molecule has 18 heavy (non-hydrogen) atoms. The normalized spacial score (nSPS) is 10.3. The van der Waals surface area contributed by atoms with Gasteiger partial charge in [0.15, 0.2) is 4.34 Å². The van der Waals surface area contributed by atoms with Crippen LogP contribution in [0.15, 0.2) is 28.6 Å². The van der Waals surface area contributed by atoms with Crippen molar-refractivity contribution in [3.05, 3.63) is 35.4 Å². The van der Waals surface area contributed by atoms with Gasteiger partial charge >= 0.3 is 0 Å². The Balaban J connectivity index is 2.11. The molecule has 2 aromatic rings. The SMILES string of the molecule is NNC(=O)c1ccccc1CSc1nnc(N)s1. The molecule has 0 spiro atoms. The summed E-state index contributed by atoms with van der Waals surface area (Å²) in [7, 11) is 0. The van der Waals surface area contributed by atoms with E-state index in [0.29, 0.717) is 16.4 Å². The minimum Gasteiger partial charge on any atom is -0.374 e. The van der Waals surface area contributed by atoms with Gasteiger partial charge in [0, 0.05) is 11.3 Å². The van der Waals surface area contributed by atoms with Crippen molar-refractivity contribution < 1.29 is 4.79 Å². The lowest BCUT2D eigenvalue weighted by molar-refractivity contribution is 0.0953. The average Bonchev–Trinajstić information content (AvgIpc) is 2.81. The summed E-state index contributed by atoms with van der Waals surface area (Å²) in [6, 6.07) is 7.27. The number of hydrazine groups is 1. The fourth-order valence-electron chi connectivity index (χ4n) is 1.36. The lowest BCUT2D eigenvalue weighted by Crippen LogP contribution is -2.30. The number of hydrogen-bond acceptors (Lipinski definition) is 7. The molecule has 0 radical (unpaired) electrons. The molecule has 2 rings (SSSR count). The fourth-order valence-corrected chi connectivity index (χ4v) is 3.00. The predicted octanol–water partition coefficient (Wildman–Crippen LogP) is 1.02. The summed E-state index contributed by atoms with van der Waals surface area (Å²) in [6.45, 7) is 0. The summed E-state index contributed by atoms with van der Waals surface area (Å²) < 4.78 is 0.774. The minimum atomic E-state index is -0.303. The van der Waals surface area contributed by atoms with Crippen molar-refractivity contribution in [2.45, 2.75) is 10.1 Å². The van der Waals surface area contributed by atoms with E-state index in [1.54, 1.807) is 12.1 Å². The molecule has 0 bridgehead atoms. The van der Waals surface area contributed by atoms with Crippen LogP contribution in [0, 0.1) is 0 Å². The van der Waals surface area contributed by atoms with Crippen LogP contribution in [0.3, 0.4) is 0 Å². The number of rotatable bonds is 4. The zero-order chi connectivity index (χ0) is 13.0. The number of thioether (sulfide) groups is 1. The van der Waals surface area contributed by atoms with Crippen LogP contribution in [0.5, 0.6) is 0 Å². The maximum atomic E-state index is 11.6. The Bertz CT molecular complexity index is 557. The van der Waals surface area contributed by atoms with Crippen LogP contribution in [0.1, 0.15) is 15.9 Å². The van der Waals surface area contributed by atoms with Crippen molar-refractivity contribution >= 4 is 34.1 Å². The minimum absolute atomic E-state index is 0.303. The van der Waals surface area contributed by atoms with Gasteiger partial charge in [-0.25, -0.2) is 5.84 Å². The maximum Gasteiger partial charge on any atom is 0.265 e. The lowest BCUT2D eigenvalue weighted by atomic mass is 10.1. The van der Waals surface area contributed by atoms with Crippen LogP contribution in [-0.4, -0.2) is 16.1 Å². The van der Waals surface area contributed by atoms with E-state index in [1.165, 1.54) is 23.1 Å². The molecule has 0 aliphatic rings. The molecule has 1 aromatic heterocycles. The van der Waals surface area contributed by atoms with Crippen molar-refractivity contribution in [3.8, 4) is 0 Å². The first-order valence-electron chi connectivity index (χ1n) is 5.01. The zero-order valence-electron chi connectivity index (χ0n) is 9.29. The van der Waals surface area contributed by atoms with Crippen LogP contribution in [0.4, 0.5) is 5.13 Å². The number of nitrogens with two attached hydrogens (primary N) is 2. The summed E-state index contributed by atoms with van der Waals surface area (Å²) in [6.07, 6.45) is 0. The molecule has 1 aromatic carbocycles. The van der Waals surface area contributed by atoms with Gasteiger partial charge in [0.05, 0.1) is 0 Å². The third-order valence-corrected chi connectivity index (χ3v) is 4.10. The number of amides is 1. The summed E-state index contributed by atoms with van der Waals surface area (Å²) in [5.41, 5.74) is 9.08. The molecule has 0 aliphatic heterocycles. The van der Waals surface area contributed by atoms with Gasteiger partial charge < -0.3 is 5.73 Å². The van der Waals surface area contributed by atoms with Gasteiger partial charge in [0.2, 0.25) is 5.13 Å². The van der Waals surface area contributed by atoms with E-state index in [2.05, 4.69) is 15.6 Å². The molecule has 0 saturated heterocycles. The number of carbonyl (C=O) groups excluding carboxylic acids is 1. The maximum absolute atomic E-state index is 11.6. The summed E-state index contributed by atoms with van der Waals surface area (Å²) in [4.78, 5) is 11.6. The first-order valence-corrected chi connectivity index (χ1v) is 6.81. The molecule has 8 heteroatoms. The summed E-state index contributed by atoms with van der Waals surface area (Å²) in [5, 5.41) is 8.07. The second-order valence-electron chi connectivity index (χ2n) is 3.33. The van der Waals surface area contributed by atoms with E-state index in [-0.39, 0.29) is 5.91 Å². The van der Waals surface area contributed by atoms with Gasteiger partial charge in [-0.3, -0.25) is 10.2 Å². The van der Waals surface area contributed by atoms with E-state index < -0.39 is 0 Å². The molecule has 0 atom stereocenters. The highest BCUT2D eigenvalue weighted by atomic mass is 32.2. The largest absolute Gasteiger partial charge is 0.374 e. The van der Waals surface area contributed by atoms with E-state index in [1.807, 2.05) is 12.1 Å². The molecule has 0 aliphatic carbocycles. The van der Waals surface area contributed by atoms with Crippen molar-refractivity contribution in [2.75, 3.05) is 5.73 Å². The third-order valence-electron chi connectivity index (χ3n) is 2.17. The van der Waals surface area contributed by atoms with Crippen molar-refractivity contribution in [3.63, 3.8) is 0 Å². The second kappa shape index (κ2) is 5.80.